The fraction of sp³-hybridized carbons (Fsp3) is 0.467. The predicted molar refractivity (Wildman–Crippen MR) is 90.8 cm³/mol. The molecule has 3 rings (SSSR count). The van der Waals surface area contributed by atoms with Crippen molar-refractivity contribution in [1.82, 2.24) is 29.1 Å². The molecular formula is C15H22N6O2S. The second-order valence-electron chi connectivity index (χ2n) is 5.88. The van der Waals surface area contributed by atoms with E-state index in [-0.39, 0.29) is 6.04 Å². The molecule has 1 aromatic heterocycles. The van der Waals surface area contributed by atoms with Gasteiger partial charge in [-0.25, -0.2) is 14.4 Å². The Morgan fingerprint density at radius 1 is 1.21 bits per heavy atom. The minimum Gasteiger partial charge on any atom is -0.299 e. The number of benzene rings is 1. The lowest BCUT2D eigenvalue weighted by atomic mass is 10.1. The van der Waals surface area contributed by atoms with Crippen LogP contribution in [0, 0.1) is 0 Å². The van der Waals surface area contributed by atoms with Crippen molar-refractivity contribution in [2.24, 2.45) is 0 Å². The van der Waals surface area contributed by atoms with E-state index in [4.69, 9.17) is 0 Å². The molecule has 0 atom stereocenters. The third-order valence-electron chi connectivity index (χ3n) is 4.20. The molecule has 1 fully saturated rings. The lowest BCUT2D eigenvalue weighted by Crippen LogP contribution is -2.47. The van der Waals surface area contributed by atoms with Crippen LogP contribution in [0.5, 0.6) is 0 Å². The zero-order valence-electron chi connectivity index (χ0n) is 13.6. The maximum absolute atomic E-state index is 11.5. The van der Waals surface area contributed by atoms with Crippen LogP contribution in [0.1, 0.15) is 18.4 Å². The van der Waals surface area contributed by atoms with E-state index in [9.17, 15) is 8.42 Å². The van der Waals surface area contributed by atoms with Crippen LogP contribution in [0.3, 0.4) is 0 Å². The van der Waals surface area contributed by atoms with E-state index in [1.165, 1.54) is 18.9 Å². The van der Waals surface area contributed by atoms with Gasteiger partial charge in [0.05, 0.1) is 5.69 Å². The molecule has 1 aromatic carbocycles. The lowest BCUT2D eigenvalue weighted by molar-refractivity contribution is 0.200. The largest absolute Gasteiger partial charge is 0.299 e. The van der Waals surface area contributed by atoms with Crippen molar-refractivity contribution in [2.75, 3.05) is 20.1 Å². The summed E-state index contributed by atoms with van der Waals surface area (Å²) in [6.07, 6.45) is 4.82. The number of likely N-dealkylation sites (tertiary alicyclic amines) is 1. The molecule has 9 heteroatoms. The van der Waals surface area contributed by atoms with Crippen molar-refractivity contribution >= 4 is 10.2 Å². The fourth-order valence-corrected chi connectivity index (χ4v) is 3.63. The summed E-state index contributed by atoms with van der Waals surface area (Å²) in [6, 6.07) is 8.24. The van der Waals surface area contributed by atoms with Crippen LogP contribution in [0.2, 0.25) is 0 Å². The van der Waals surface area contributed by atoms with Gasteiger partial charge in [-0.3, -0.25) is 4.90 Å². The van der Waals surface area contributed by atoms with Crippen molar-refractivity contribution in [1.29, 1.82) is 0 Å². The molecule has 8 nitrogen and oxygen atoms in total. The molecule has 130 valence electrons. The van der Waals surface area contributed by atoms with E-state index < -0.39 is 10.2 Å². The van der Waals surface area contributed by atoms with Crippen molar-refractivity contribution in [3.63, 3.8) is 0 Å². The summed E-state index contributed by atoms with van der Waals surface area (Å²) in [5, 5.41) is 4.11. The first kappa shape index (κ1) is 17.0. The van der Waals surface area contributed by atoms with Crippen molar-refractivity contribution in [3.8, 4) is 5.69 Å². The topological polar surface area (TPSA) is 92.2 Å². The molecule has 1 saturated heterocycles. The Kier molecular flexibility index (Phi) is 5.24. The minimum atomic E-state index is -3.35. The van der Waals surface area contributed by atoms with E-state index >= 15 is 0 Å². The van der Waals surface area contributed by atoms with Gasteiger partial charge in [0, 0.05) is 32.7 Å². The molecule has 24 heavy (non-hydrogen) atoms. The molecule has 0 spiro atoms. The number of aromatic nitrogens is 3. The highest BCUT2D eigenvalue weighted by Gasteiger charge is 2.22. The normalized spacial score (nSPS) is 17.2. The van der Waals surface area contributed by atoms with Crippen LogP contribution in [-0.4, -0.2) is 54.3 Å². The van der Waals surface area contributed by atoms with Gasteiger partial charge < -0.3 is 0 Å². The second kappa shape index (κ2) is 7.39. The molecule has 1 aliphatic rings. The Balaban J connectivity index is 1.51. The molecule has 0 unspecified atom stereocenters. The highest BCUT2D eigenvalue weighted by Crippen LogP contribution is 2.15. The van der Waals surface area contributed by atoms with E-state index in [1.54, 1.807) is 11.0 Å². The highest BCUT2D eigenvalue weighted by molar-refractivity contribution is 7.87. The zero-order valence-corrected chi connectivity index (χ0v) is 14.4. The van der Waals surface area contributed by atoms with Crippen LogP contribution in [0.4, 0.5) is 0 Å². The van der Waals surface area contributed by atoms with Gasteiger partial charge in [0.1, 0.15) is 12.7 Å². The van der Waals surface area contributed by atoms with Gasteiger partial charge in [0.2, 0.25) is 0 Å². The second-order valence-corrected chi connectivity index (χ2v) is 7.53. The number of piperidine rings is 1. The third-order valence-corrected chi connectivity index (χ3v) is 5.39. The Bertz CT molecular complexity index is 737. The Morgan fingerprint density at radius 2 is 1.92 bits per heavy atom. The van der Waals surface area contributed by atoms with Crippen molar-refractivity contribution in [2.45, 2.75) is 25.4 Å². The van der Waals surface area contributed by atoms with Crippen LogP contribution in [0.15, 0.2) is 36.9 Å². The molecule has 0 saturated carbocycles. The molecule has 2 heterocycles. The molecular weight excluding hydrogens is 328 g/mol. The van der Waals surface area contributed by atoms with Crippen molar-refractivity contribution < 1.29 is 8.42 Å². The summed E-state index contributed by atoms with van der Waals surface area (Å²) in [5.74, 6) is 0. The van der Waals surface area contributed by atoms with Gasteiger partial charge in [0.15, 0.2) is 0 Å². The van der Waals surface area contributed by atoms with Gasteiger partial charge >= 0.3 is 0 Å². The van der Waals surface area contributed by atoms with Gasteiger partial charge in [-0.15, -0.1) is 0 Å². The van der Waals surface area contributed by atoms with E-state index in [0.717, 1.165) is 38.2 Å². The number of hydrogen-bond acceptors (Lipinski definition) is 5. The number of rotatable bonds is 6. The van der Waals surface area contributed by atoms with Gasteiger partial charge in [-0.05, 0) is 30.5 Å². The average molecular weight is 350 g/mol. The molecule has 2 aromatic rings. The summed E-state index contributed by atoms with van der Waals surface area (Å²) < 4.78 is 29.7. The number of hydrogen-bond donors (Lipinski definition) is 2. The van der Waals surface area contributed by atoms with E-state index in [2.05, 4.69) is 36.6 Å². The minimum absolute atomic E-state index is 0.00777. The van der Waals surface area contributed by atoms with Crippen LogP contribution >= 0.6 is 0 Å². The predicted octanol–water partition coefficient (Wildman–Crippen LogP) is 0.286. The van der Waals surface area contributed by atoms with Crippen LogP contribution in [-0.2, 0) is 16.8 Å². The quantitative estimate of drug-likeness (QED) is 0.781. The smallest absolute Gasteiger partial charge is 0.276 e. The van der Waals surface area contributed by atoms with Gasteiger partial charge in [0.25, 0.3) is 10.2 Å². The monoisotopic (exact) mass is 350 g/mol. The van der Waals surface area contributed by atoms with Gasteiger partial charge in [-0.2, -0.15) is 18.2 Å². The lowest BCUT2D eigenvalue weighted by Gasteiger charge is -2.32. The first-order chi connectivity index (χ1) is 11.6. The summed E-state index contributed by atoms with van der Waals surface area (Å²) >= 11 is 0. The Hall–Kier alpha value is -1.81. The number of nitrogens with one attached hydrogen (secondary N) is 2. The average Bonchev–Trinajstić information content (AvgIpc) is 3.12. The molecule has 0 radical (unpaired) electrons. The molecule has 0 aliphatic carbocycles. The summed E-state index contributed by atoms with van der Waals surface area (Å²) in [4.78, 5) is 6.29. The standard InChI is InChI=1S/C15H22N6O2S/c1-16-24(22,23)19-14-6-8-20(9-7-14)10-13-2-4-15(5-3-13)21-12-17-11-18-21/h2-5,11-12,14,16,19H,6-10H2,1H3. The molecule has 0 bridgehead atoms. The highest BCUT2D eigenvalue weighted by atomic mass is 32.2. The Morgan fingerprint density at radius 3 is 2.50 bits per heavy atom. The van der Waals surface area contributed by atoms with Gasteiger partial charge in [-0.1, -0.05) is 12.1 Å². The maximum atomic E-state index is 11.5. The Labute approximate surface area is 142 Å². The molecule has 2 N–H and O–H groups in total. The van der Waals surface area contributed by atoms with Crippen molar-refractivity contribution in [3.05, 3.63) is 42.5 Å². The first-order valence-corrected chi connectivity index (χ1v) is 9.41. The van der Waals surface area contributed by atoms with E-state index in [1.807, 2.05) is 12.1 Å². The van der Waals surface area contributed by atoms with Crippen LogP contribution < -0.4 is 9.44 Å². The summed E-state index contributed by atoms with van der Waals surface area (Å²) in [5.41, 5.74) is 2.21. The SMILES string of the molecule is CNS(=O)(=O)NC1CCN(Cc2ccc(-n3cncn3)cc2)CC1. The maximum Gasteiger partial charge on any atom is 0.276 e. The molecule has 1 aliphatic heterocycles. The zero-order chi connectivity index (χ0) is 17.0. The third kappa shape index (κ3) is 4.38. The fourth-order valence-electron chi connectivity index (χ4n) is 2.84. The van der Waals surface area contributed by atoms with E-state index in [0.29, 0.717) is 0 Å². The van der Waals surface area contributed by atoms with Crippen LogP contribution in [0.25, 0.3) is 5.69 Å². The first-order valence-electron chi connectivity index (χ1n) is 7.93. The molecule has 0 amide bonds. The summed E-state index contributed by atoms with van der Waals surface area (Å²) in [6.45, 7) is 2.62. The number of nitrogens with zero attached hydrogens (tertiary/aromatic N) is 4. The summed E-state index contributed by atoms with van der Waals surface area (Å²) in [7, 11) is -1.94.